The fourth-order valence-electron chi connectivity index (χ4n) is 2.27. The molecule has 2 aromatic rings. The molecule has 0 spiro atoms. The van der Waals surface area contributed by atoms with Crippen LogP contribution >= 0.6 is 0 Å². The van der Waals surface area contributed by atoms with Crippen LogP contribution in [-0.2, 0) is 4.79 Å². The largest absolute Gasteiger partial charge is 0.341 e. The topological polar surface area (TPSA) is 87.3 Å². The number of benzene rings is 2. The number of para-hydroxylation sites is 1. The predicted octanol–water partition coefficient (Wildman–Crippen LogP) is 3.29. The number of carbonyl (C=O) groups is 3. The van der Waals surface area contributed by atoms with Crippen LogP contribution in [0.4, 0.5) is 11.4 Å². The maximum Gasteiger partial charge on any atom is 0.255 e. The normalized spacial score (nSPS) is 10.5. The average molecular weight is 377 g/mol. The van der Waals surface area contributed by atoms with Gasteiger partial charge in [-0.15, -0.1) is 6.42 Å². The van der Waals surface area contributed by atoms with Crippen molar-refractivity contribution in [3.63, 3.8) is 0 Å². The van der Waals surface area contributed by atoms with Crippen molar-refractivity contribution in [2.24, 2.45) is 5.41 Å². The van der Waals surface area contributed by atoms with E-state index in [2.05, 4.69) is 21.9 Å². The molecule has 0 saturated carbocycles. The van der Waals surface area contributed by atoms with Crippen molar-refractivity contribution in [2.45, 2.75) is 20.8 Å². The summed E-state index contributed by atoms with van der Waals surface area (Å²) in [6, 6.07) is 13.2. The van der Waals surface area contributed by atoms with E-state index in [0.717, 1.165) is 0 Å². The number of anilines is 2. The minimum Gasteiger partial charge on any atom is -0.341 e. The van der Waals surface area contributed by atoms with Crippen molar-refractivity contribution in [1.82, 2.24) is 5.32 Å². The highest BCUT2D eigenvalue weighted by Crippen LogP contribution is 2.20. The van der Waals surface area contributed by atoms with E-state index in [4.69, 9.17) is 6.42 Å². The fourth-order valence-corrected chi connectivity index (χ4v) is 2.27. The first-order valence-corrected chi connectivity index (χ1v) is 8.76. The van der Waals surface area contributed by atoms with Gasteiger partial charge >= 0.3 is 0 Å². The van der Waals surface area contributed by atoms with Gasteiger partial charge in [-0.2, -0.15) is 0 Å². The molecule has 0 unspecified atom stereocenters. The molecule has 0 radical (unpaired) electrons. The van der Waals surface area contributed by atoms with E-state index in [-0.39, 0.29) is 18.4 Å². The number of nitrogens with one attached hydrogen (secondary N) is 3. The molecule has 3 amide bonds. The van der Waals surface area contributed by atoms with Gasteiger partial charge in [-0.1, -0.05) is 44.9 Å². The molecule has 3 N–H and O–H groups in total. The molecule has 0 heterocycles. The quantitative estimate of drug-likeness (QED) is 0.699. The van der Waals surface area contributed by atoms with Gasteiger partial charge in [0.15, 0.2) is 0 Å². The number of carbonyl (C=O) groups excluding carboxylic acids is 3. The summed E-state index contributed by atoms with van der Waals surface area (Å²) in [5.74, 6) is 1.41. The third-order valence-electron chi connectivity index (χ3n) is 3.83. The summed E-state index contributed by atoms with van der Waals surface area (Å²) in [6.45, 7) is 5.51. The molecule has 2 aromatic carbocycles. The smallest absolute Gasteiger partial charge is 0.255 e. The monoisotopic (exact) mass is 377 g/mol. The highest BCUT2D eigenvalue weighted by molar-refractivity contribution is 6.09. The molecule has 0 fully saturated rings. The Morgan fingerprint density at radius 1 is 0.964 bits per heavy atom. The first-order chi connectivity index (χ1) is 13.2. The number of hydrogen-bond acceptors (Lipinski definition) is 3. The van der Waals surface area contributed by atoms with Crippen LogP contribution in [0.15, 0.2) is 48.5 Å². The lowest BCUT2D eigenvalue weighted by Gasteiger charge is -2.18. The maximum absolute atomic E-state index is 12.6. The lowest BCUT2D eigenvalue weighted by molar-refractivity contribution is -0.123. The molecule has 0 aliphatic rings. The van der Waals surface area contributed by atoms with Gasteiger partial charge in [-0.3, -0.25) is 14.4 Å². The van der Waals surface area contributed by atoms with E-state index in [0.29, 0.717) is 22.5 Å². The molecule has 6 heteroatoms. The van der Waals surface area contributed by atoms with Crippen LogP contribution in [0.3, 0.4) is 0 Å². The molecule has 0 atom stereocenters. The zero-order valence-corrected chi connectivity index (χ0v) is 16.1. The third-order valence-corrected chi connectivity index (χ3v) is 3.83. The second kappa shape index (κ2) is 8.87. The molecule has 6 nitrogen and oxygen atoms in total. The molecule has 0 bridgehead atoms. The lowest BCUT2D eigenvalue weighted by atomic mass is 9.95. The number of terminal acetylenes is 1. The fraction of sp³-hybridized carbons (Fsp3) is 0.227. The summed E-state index contributed by atoms with van der Waals surface area (Å²) in [7, 11) is 0. The van der Waals surface area contributed by atoms with Crippen molar-refractivity contribution in [1.29, 1.82) is 0 Å². The van der Waals surface area contributed by atoms with Gasteiger partial charge in [-0.25, -0.2) is 0 Å². The summed E-state index contributed by atoms with van der Waals surface area (Å²) in [5.41, 5.74) is 0.996. The maximum atomic E-state index is 12.6. The van der Waals surface area contributed by atoms with Gasteiger partial charge in [0.05, 0.1) is 17.8 Å². The van der Waals surface area contributed by atoms with Gasteiger partial charge < -0.3 is 16.0 Å². The highest BCUT2D eigenvalue weighted by Gasteiger charge is 2.21. The summed E-state index contributed by atoms with van der Waals surface area (Å²) < 4.78 is 0. The molecule has 2 rings (SSSR count). The molecule has 0 aliphatic carbocycles. The van der Waals surface area contributed by atoms with Crippen LogP contribution in [0.5, 0.6) is 0 Å². The van der Waals surface area contributed by atoms with E-state index in [9.17, 15) is 14.4 Å². The molecule has 0 saturated heterocycles. The summed E-state index contributed by atoms with van der Waals surface area (Å²) >= 11 is 0. The summed E-state index contributed by atoms with van der Waals surface area (Å²) in [4.78, 5) is 37.0. The highest BCUT2D eigenvalue weighted by atomic mass is 16.2. The standard InChI is InChI=1S/C22H23N3O3/c1-5-13-23-20(27)17-11-6-7-12-18(17)25-19(26)15-9-8-10-16(14-15)24-21(28)22(2,3)4/h1,6-12,14H,13H2,2-4H3,(H,23,27)(H,24,28)(H,25,26). The lowest BCUT2D eigenvalue weighted by Crippen LogP contribution is -2.27. The van der Waals surface area contributed by atoms with Crippen LogP contribution in [0.25, 0.3) is 0 Å². The van der Waals surface area contributed by atoms with Crippen molar-refractivity contribution >= 4 is 29.1 Å². The van der Waals surface area contributed by atoms with Gasteiger partial charge in [0, 0.05) is 16.7 Å². The van der Waals surface area contributed by atoms with Crippen LogP contribution in [0, 0.1) is 17.8 Å². The van der Waals surface area contributed by atoms with Gasteiger partial charge in [0.2, 0.25) is 5.91 Å². The SMILES string of the molecule is C#CCNC(=O)c1ccccc1NC(=O)c1cccc(NC(=O)C(C)(C)C)c1. The molecular weight excluding hydrogens is 354 g/mol. The first kappa shape index (κ1) is 20.7. The Morgan fingerprint density at radius 2 is 1.68 bits per heavy atom. The second-order valence-corrected chi connectivity index (χ2v) is 7.17. The minimum absolute atomic E-state index is 0.0939. The third kappa shape index (κ3) is 5.45. The number of amides is 3. The molecule has 0 aliphatic heterocycles. The Bertz CT molecular complexity index is 937. The Balaban J connectivity index is 2.18. The van der Waals surface area contributed by atoms with Crippen molar-refractivity contribution in [3.8, 4) is 12.3 Å². The molecular formula is C22H23N3O3. The van der Waals surface area contributed by atoms with Crippen molar-refractivity contribution in [3.05, 3.63) is 59.7 Å². The van der Waals surface area contributed by atoms with Crippen LogP contribution in [0.1, 0.15) is 41.5 Å². The van der Waals surface area contributed by atoms with Crippen LogP contribution in [0.2, 0.25) is 0 Å². The number of rotatable bonds is 5. The summed E-state index contributed by atoms with van der Waals surface area (Å²) in [6.07, 6.45) is 5.16. The van der Waals surface area contributed by atoms with E-state index in [1.54, 1.807) is 69.3 Å². The molecule has 28 heavy (non-hydrogen) atoms. The average Bonchev–Trinajstić information content (AvgIpc) is 2.66. The Kier molecular flexibility index (Phi) is 6.56. The Hall–Kier alpha value is -3.59. The van der Waals surface area contributed by atoms with E-state index in [1.807, 2.05) is 0 Å². The van der Waals surface area contributed by atoms with Gasteiger partial charge in [0.1, 0.15) is 0 Å². The van der Waals surface area contributed by atoms with Crippen molar-refractivity contribution < 1.29 is 14.4 Å². The van der Waals surface area contributed by atoms with Crippen molar-refractivity contribution in [2.75, 3.05) is 17.2 Å². The second-order valence-electron chi connectivity index (χ2n) is 7.17. The molecule has 144 valence electrons. The number of hydrogen-bond donors (Lipinski definition) is 3. The van der Waals surface area contributed by atoms with Gasteiger partial charge in [-0.05, 0) is 30.3 Å². The molecule has 0 aromatic heterocycles. The van der Waals surface area contributed by atoms with E-state index < -0.39 is 11.3 Å². The first-order valence-electron chi connectivity index (χ1n) is 8.76. The van der Waals surface area contributed by atoms with E-state index in [1.165, 1.54) is 0 Å². The van der Waals surface area contributed by atoms with Crippen LogP contribution in [-0.4, -0.2) is 24.3 Å². The zero-order valence-electron chi connectivity index (χ0n) is 16.1. The van der Waals surface area contributed by atoms with E-state index >= 15 is 0 Å². The summed E-state index contributed by atoms with van der Waals surface area (Å²) in [5, 5.41) is 8.10. The van der Waals surface area contributed by atoms with Gasteiger partial charge in [0.25, 0.3) is 11.8 Å². The van der Waals surface area contributed by atoms with Crippen LogP contribution < -0.4 is 16.0 Å². The Morgan fingerprint density at radius 3 is 2.36 bits per heavy atom. The predicted molar refractivity (Wildman–Crippen MR) is 110 cm³/mol. The zero-order chi connectivity index (χ0) is 20.7. The Labute approximate surface area is 164 Å². The minimum atomic E-state index is -0.553.